The predicted molar refractivity (Wildman–Crippen MR) is 128 cm³/mol. The van der Waals surface area contributed by atoms with E-state index in [0.717, 1.165) is 29.8 Å². The summed E-state index contributed by atoms with van der Waals surface area (Å²) in [7, 11) is 0. The summed E-state index contributed by atoms with van der Waals surface area (Å²) in [6.07, 6.45) is 3.68. The molecule has 0 saturated carbocycles. The topological polar surface area (TPSA) is 32.7 Å². The molecule has 1 amide bonds. The molecule has 1 aliphatic rings. The molecule has 1 saturated heterocycles. The van der Waals surface area contributed by atoms with Gasteiger partial charge in [-0.3, -0.25) is 9.69 Å². The number of carbonyl (C=O) groups excluding carboxylic acids is 1. The Morgan fingerprint density at radius 3 is 2.03 bits per heavy atom. The number of nitrogens with zero attached hydrogens (tertiary/aromatic N) is 2. The summed E-state index contributed by atoms with van der Waals surface area (Å²) in [5.74, 6) is -0.439. The van der Waals surface area contributed by atoms with Crippen molar-refractivity contribution in [3.05, 3.63) is 100 Å². The van der Waals surface area contributed by atoms with Crippen molar-refractivity contribution in [2.75, 3.05) is 4.90 Å². The van der Waals surface area contributed by atoms with Crippen molar-refractivity contribution in [2.45, 2.75) is 26.7 Å². The SMILES string of the molecule is CCc1ccc(N=C2SC(=Cc3ccc(F)cc3)C(=O)N2c2ccc(CC)cc2)cc1. The summed E-state index contributed by atoms with van der Waals surface area (Å²) in [6, 6.07) is 22.1. The smallest absolute Gasteiger partial charge is 0.268 e. The van der Waals surface area contributed by atoms with Crippen molar-refractivity contribution in [2.24, 2.45) is 4.99 Å². The summed E-state index contributed by atoms with van der Waals surface area (Å²) in [5, 5.41) is 0.604. The molecule has 0 aromatic heterocycles. The highest BCUT2D eigenvalue weighted by Crippen LogP contribution is 2.37. The van der Waals surface area contributed by atoms with Gasteiger partial charge in [0.25, 0.3) is 5.91 Å². The molecule has 0 N–H and O–H groups in total. The maximum atomic E-state index is 13.3. The highest BCUT2D eigenvalue weighted by molar-refractivity contribution is 8.19. The van der Waals surface area contributed by atoms with Crippen molar-refractivity contribution in [1.82, 2.24) is 0 Å². The maximum Gasteiger partial charge on any atom is 0.271 e. The lowest BCUT2D eigenvalue weighted by Gasteiger charge is -2.16. The Hall–Kier alpha value is -3.18. The van der Waals surface area contributed by atoms with Crippen LogP contribution in [0.25, 0.3) is 6.08 Å². The summed E-state index contributed by atoms with van der Waals surface area (Å²) < 4.78 is 13.3. The molecule has 1 fully saturated rings. The molecule has 0 bridgehead atoms. The molecule has 0 atom stereocenters. The molecular formula is C26H23FN2OS. The second-order valence-electron chi connectivity index (χ2n) is 7.24. The van der Waals surface area contributed by atoms with Gasteiger partial charge in [-0.05, 0) is 83.8 Å². The normalized spacial score (nSPS) is 16.5. The minimum Gasteiger partial charge on any atom is -0.268 e. The number of rotatable bonds is 5. The number of amides is 1. The van der Waals surface area contributed by atoms with Crippen LogP contribution in [0.2, 0.25) is 0 Å². The van der Waals surface area contributed by atoms with Crippen LogP contribution in [0.3, 0.4) is 0 Å². The predicted octanol–water partition coefficient (Wildman–Crippen LogP) is 6.76. The van der Waals surface area contributed by atoms with Crippen LogP contribution in [0, 0.1) is 5.82 Å². The Kier molecular flexibility index (Phi) is 6.33. The van der Waals surface area contributed by atoms with E-state index in [1.54, 1.807) is 23.1 Å². The van der Waals surface area contributed by atoms with Gasteiger partial charge < -0.3 is 0 Å². The Balaban J connectivity index is 1.74. The van der Waals surface area contributed by atoms with Crippen LogP contribution >= 0.6 is 11.8 Å². The molecule has 3 aromatic rings. The third-order valence-corrected chi connectivity index (χ3v) is 6.12. The van der Waals surface area contributed by atoms with Crippen molar-refractivity contribution in [3.63, 3.8) is 0 Å². The number of anilines is 1. The molecule has 5 heteroatoms. The molecule has 156 valence electrons. The third-order valence-electron chi connectivity index (χ3n) is 5.15. The number of carbonyl (C=O) groups is 1. The fourth-order valence-corrected chi connectivity index (χ4v) is 4.29. The first-order valence-corrected chi connectivity index (χ1v) is 11.1. The van der Waals surface area contributed by atoms with Crippen LogP contribution in [0.5, 0.6) is 0 Å². The minimum atomic E-state index is -0.303. The number of hydrogen-bond acceptors (Lipinski definition) is 3. The fourth-order valence-electron chi connectivity index (χ4n) is 3.28. The molecule has 0 unspecified atom stereocenters. The van der Waals surface area contributed by atoms with Gasteiger partial charge in [0, 0.05) is 0 Å². The van der Waals surface area contributed by atoms with Gasteiger partial charge in [0.1, 0.15) is 5.82 Å². The standard InChI is InChI=1S/C26H23FN2OS/c1-3-18-7-13-22(14-8-18)28-26-29(23-15-9-19(4-2)10-16-23)25(30)24(31-26)17-20-5-11-21(27)12-6-20/h5-17H,3-4H2,1-2H3. The first-order chi connectivity index (χ1) is 15.1. The van der Waals surface area contributed by atoms with Crippen molar-refractivity contribution >= 4 is 40.3 Å². The minimum absolute atomic E-state index is 0.137. The van der Waals surface area contributed by atoms with Gasteiger partial charge in [0.05, 0.1) is 16.3 Å². The first-order valence-electron chi connectivity index (χ1n) is 10.3. The maximum absolute atomic E-state index is 13.3. The molecule has 1 heterocycles. The van der Waals surface area contributed by atoms with Crippen molar-refractivity contribution < 1.29 is 9.18 Å². The van der Waals surface area contributed by atoms with E-state index >= 15 is 0 Å². The van der Waals surface area contributed by atoms with Crippen LogP contribution in [-0.2, 0) is 17.6 Å². The van der Waals surface area contributed by atoms with Crippen LogP contribution < -0.4 is 4.90 Å². The summed E-state index contributed by atoms with van der Waals surface area (Å²) in [6.45, 7) is 4.21. The van der Waals surface area contributed by atoms with Gasteiger partial charge in [0.15, 0.2) is 5.17 Å². The Morgan fingerprint density at radius 2 is 1.45 bits per heavy atom. The molecule has 0 spiro atoms. The average Bonchev–Trinajstić information content (AvgIpc) is 3.10. The molecule has 0 aliphatic carbocycles. The quantitative estimate of drug-likeness (QED) is 0.419. The number of halogens is 1. The molecule has 31 heavy (non-hydrogen) atoms. The van der Waals surface area contributed by atoms with E-state index < -0.39 is 0 Å². The highest BCUT2D eigenvalue weighted by Gasteiger charge is 2.34. The van der Waals surface area contributed by atoms with Crippen molar-refractivity contribution in [1.29, 1.82) is 0 Å². The zero-order chi connectivity index (χ0) is 21.8. The lowest BCUT2D eigenvalue weighted by atomic mass is 10.1. The van der Waals surface area contributed by atoms with E-state index in [-0.39, 0.29) is 11.7 Å². The number of amidine groups is 1. The number of thioether (sulfide) groups is 1. The van der Waals surface area contributed by atoms with E-state index in [9.17, 15) is 9.18 Å². The van der Waals surface area contributed by atoms with Gasteiger partial charge in [-0.15, -0.1) is 0 Å². The average molecular weight is 431 g/mol. The molecule has 1 aliphatic heterocycles. The van der Waals surface area contributed by atoms with Crippen LogP contribution in [-0.4, -0.2) is 11.1 Å². The van der Waals surface area contributed by atoms with E-state index in [2.05, 4.69) is 26.0 Å². The van der Waals surface area contributed by atoms with Gasteiger partial charge in [-0.1, -0.05) is 50.2 Å². The number of aliphatic imine (C=N–C) groups is 1. The molecule has 4 rings (SSSR count). The van der Waals surface area contributed by atoms with Gasteiger partial charge in [-0.2, -0.15) is 0 Å². The number of benzene rings is 3. The summed E-state index contributed by atoms with van der Waals surface area (Å²) >= 11 is 1.33. The van der Waals surface area contributed by atoms with Crippen LogP contribution in [0.4, 0.5) is 15.8 Å². The second-order valence-corrected chi connectivity index (χ2v) is 8.25. The largest absolute Gasteiger partial charge is 0.271 e. The Labute approximate surface area is 186 Å². The van der Waals surface area contributed by atoms with Gasteiger partial charge >= 0.3 is 0 Å². The van der Waals surface area contributed by atoms with E-state index in [4.69, 9.17) is 4.99 Å². The molecule has 3 aromatic carbocycles. The second kappa shape index (κ2) is 9.31. The van der Waals surface area contributed by atoms with Gasteiger partial charge in [0.2, 0.25) is 0 Å². The lowest BCUT2D eigenvalue weighted by molar-refractivity contribution is -0.113. The fraction of sp³-hybridized carbons (Fsp3) is 0.154. The highest BCUT2D eigenvalue weighted by atomic mass is 32.2. The summed E-state index contributed by atoms with van der Waals surface area (Å²) in [5.41, 5.74) is 4.79. The van der Waals surface area contributed by atoms with Crippen molar-refractivity contribution in [3.8, 4) is 0 Å². The molecule has 0 radical (unpaired) electrons. The Bertz CT molecular complexity index is 1130. The lowest BCUT2D eigenvalue weighted by Crippen LogP contribution is -2.28. The van der Waals surface area contributed by atoms with E-state index in [1.165, 1.54) is 35.0 Å². The Morgan fingerprint density at radius 1 is 0.871 bits per heavy atom. The van der Waals surface area contributed by atoms with E-state index in [1.807, 2.05) is 36.4 Å². The van der Waals surface area contributed by atoms with E-state index in [0.29, 0.717) is 10.1 Å². The monoisotopic (exact) mass is 430 g/mol. The third kappa shape index (κ3) is 4.78. The first kappa shape index (κ1) is 21.1. The molecular weight excluding hydrogens is 407 g/mol. The van der Waals surface area contributed by atoms with Crippen LogP contribution in [0.15, 0.2) is 82.7 Å². The summed E-state index contributed by atoms with van der Waals surface area (Å²) in [4.78, 5) is 20.3. The van der Waals surface area contributed by atoms with Crippen LogP contribution in [0.1, 0.15) is 30.5 Å². The zero-order valence-corrected chi connectivity index (χ0v) is 18.3. The van der Waals surface area contributed by atoms with Gasteiger partial charge in [-0.25, -0.2) is 9.38 Å². The zero-order valence-electron chi connectivity index (χ0n) is 17.5. The molecule has 3 nitrogen and oxygen atoms in total. The number of aryl methyl sites for hydroxylation is 2. The number of hydrogen-bond donors (Lipinski definition) is 0.